The van der Waals surface area contributed by atoms with Gasteiger partial charge in [0.25, 0.3) is 5.56 Å². The molecule has 1 amide bonds. The van der Waals surface area contributed by atoms with E-state index in [4.69, 9.17) is 5.26 Å². The van der Waals surface area contributed by atoms with Crippen molar-refractivity contribution in [3.63, 3.8) is 0 Å². The molecule has 2 rings (SSSR count). The van der Waals surface area contributed by atoms with E-state index in [-0.39, 0.29) is 11.5 Å². The summed E-state index contributed by atoms with van der Waals surface area (Å²) < 4.78 is 1.35. The molecule has 1 N–H and O–H groups in total. The Bertz CT molecular complexity index is 728. The zero-order valence-electron chi connectivity index (χ0n) is 10.9. The van der Waals surface area contributed by atoms with Gasteiger partial charge in [-0.1, -0.05) is 12.1 Å². The minimum atomic E-state index is -0.630. The summed E-state index contributed by atoms with van der Waals surface area (Å²) in [6, 6.07) is 12.7. The first-order chi connectivity index (χ1) is 9.61. The number of hydrogen-bond acceptors (Lipinski definition) is 3. The molecule has 0 bridgehead atoms. The lowest BCUT2D eigenvalue weighted by molar-refractivity contribution is -0.118. The normalized spacial score (nSPS) is 11.4. The Labute approximate surface area is 116 Å². The molecule has 0 aliphatic heterocycles. The highest BCUT2D eigenvalue weighted by atomic mass is 16.2. The highest BCUT2D eigenvalue weighted by Crippen LogP contribution is 2.12. The summed E-state index contributed by atoms with van der Waals surface area (Å²) in [5.41, 5.74) is 0.762. The van der Waals surface area contributed by atoms with Gasteiger partial charge in [0.2, 0.25) is 5.91 Å². The third-order valence-corrected chi connectivity index (χ3v) is 2.91. The standard InChI is InChI=1S/C15H13N3O2/c1-11(18-8-3-2-7-14(18)19)15(20)17-13-6-4-5-12(9-13)10-16/h2-9,11H,1H3,(H,17,20). The van der Waals surface area contributed by atoms with Crippen LogP contribution in [0.25, 0.3) is 0 Å². The number of benzene rings is 1. The fourth-order valence-corrected chi connectivity index (χ4v) is 1.80. The van der Waals surface area contributed by atoms with E-state index in [1.807, 2.05) is 6.07 Å². The van der Waals surface area contributed by atoms with E-state index < -0.39 is 6.04 Å². The van der Waals surface area contributed by atoms with Crippen LogP contribution >= 0.6 is 0 Å². The second-order valence-corrected chi connectivity index (χ2v) is 4.30. The molecule has 1 atom stereocenters. The average molecular weight is 267 g/mol. The Hall–Kier alpha value is -2.87. The molecule has 5 nitrogen and oxygen atoms in total. The molecule has 0 saturated heterocycles. The summed E-state index contributed by atoms with van der Waals surface area (Å²) in [7, 11) is 0. The molecule has 1 aromatic heterocycles. The van der Waals surface area contributed by atoms with Crippen LogP contribution in [0.5, 0.6) is 0 Å². The van der Waals surface area contributed by atoms with E-state index in [0.717, 1.165) is 0 Å². The van der Waals surface area contributed by atoms with Crippen molar-refractivity contribution in [3.8, 4) is 6.07 Å². The topological polar surface area (TPSA) is 74.9 Å². The third kappa shape index (κ3) is 2.93. The summed E-state index contributed by atoms with van der Waals surface area (Å²) in [6.07, 6.45) is 1.57. The SMILES string of the molecule is CC(C(=O)Nc1cccc(C#N)c1)n1ccccc1=O. The van der Waals surface area contributed by atoms with E-state index >= 15 is 0 Å². The predicted octanol–water partition coefficient (Wildman–Crippen LogP) is 1.92. The molecular formula is C15H13N3O2. The van der Waals surface area contributed by atoms with Crippen LogP contribution in [-0.4, -0.2) is 10.5 Å². The van der Waals surface area contributed by atoms with Crippen molar-refractivity contribution in [2.75, 3.05) is 5.32 Å². The first-order valence-electron chi connectivity index (χ1n) is 6.10. The number of rotatable bonds is 3. The fourth-order valence-electron chi connectivity index (χ4n) is 1.80. The van der Waals surface area contributed by atoms with Gasteiger partial charge in [-0.3, -0.25) is 9.59 Å². The van der Waals surface area contributed by atoms with E-state index in [1.54, 1.807) is 49.5 Å². The number of nitriles is 1. The molecule has 1 unspecified atom stereocenters. The van der Waals surface area contributed by atoms with Crippen molar-refractivity contribution in [2.24, 2.45) is 0 Å². The highest BCUT2D eigenvalue weighted by Gasteiger charge is 2.15. The Balaban J connectivity index is 2.18. The van der Waals surface area contributed by atoms with Gasteiger partial charge in [0.15, 0.2) is 0 Å². The quantitative estimate of drug-likeness (QED) is 0.923. The van der Waals surface area contributed by atoms with Gasteiger partial charge in [0.05, 0.1) is 11.6 Å². The number of amides is 1. The maximum Gasteiger partial charge on any atom is 0.251 e. The van der Waals surface area contributed by atoms with Crippen molar-refractivity contribution in [1.82, 2.24) is 4.57 Å². The predicted molar refractivity (Wildman–Crippen MR) is 75.2 cm³/mol. The number of anilines is 1. The summed E-state index contributed by atoms with van der Waals surface area (Å²) >= 11 is 0. The molecule has 20 heavy (non-hydrogen) atoms. The molecular weight excluding hydrogens is 254 g/mol. The van der Waals surface area contributed by atoms with Crippen molar-refractivity contribution in [1.29, 1.82) is 5.26 Å². The van der Waals surface area contributed by atoms with Crippen LogP contribution in [0.2, 0.25) is 0 Å². The summed E-state index contributed by atoms with van der Waals surface area (Å²) in [6.45, 7) is 1.64. The monoisotopic (exact) mass is 267 g/mol. The molecule has 0 fully saturated rings. The minimum Gasteiger partial charge on any atom is -0.324 e. The molecule has 0 aliphatic carbocycles. The molecule has 100 valence electrons. The van der Waals surface area contributed by atoms with Gasteiger partial charge in [-0.2, -0.15) is 5.26 Å². The van der Waals surface area contributed by atoms with Crippen molar-refractivity contribution in [3.05, 3.63) is 64.6 Å². The van der Waals surface area contributed by atoms with Crippen molar-refractivity contribution < 1.29 is 4.79 Å². The second-order valence-electron chi connectivity index (χ2n) is 4.30. The average Bonchev–Trinajstić information content (AvgIpc) is 2.47. The van der Waals surface area contributed by atoms with Crippen LogP contribution in [0.3, 0.4) is 0 Å². The smallest absolute Gasteiger partial charge is 0.251 e. The zero-order chi connectivity index (χ0) is 14.5. The number of hydrogen-bond donors (Lipinski definition) is 1. The summed E-state index contributed by atoms with van der Waals surface area (Å²) in [4.78, 5) is 23.8. The van der Waals surface area contributed by atoms with Crippen molar-refractivity contribution >= 4 is 11.6 Å². The van der Waals surface area contributed by atoms with Crippen LogP contribution in [-0.2, 0) is 4.79 Å². The molecule has 1 heterocycles. The fraction of sp³-hybridized carbons (Fsp3) is 0.133. The van der Waals surface area contributed by atoms with Gasteiger partial charge in [0, 0.05) is 18.0 Å². The maximum absolute atomic E-state index is 12.1. The Morgan fingerprint density at radius 1 is 1.30 bits per heavy atom. The molecule has 2 aromatic rings. The van der Waals surface area contributed by atoms with E-state index in [1.165, 1.54) is 10.6 Å². The Kier molecular flexibility index (Phi) is 3.96. The third-order valence-electron chi connectivity index (χ3n) is 2.91. The van der Waals surface area contributed by atoms with E-state index in [2.05, 4.69) is 5.32 Å². The highest BCUT2D eigenvalue weighted by molar-refractivity contribution is 5.93. The Morgan fingerprint density at radius 2 is 2.10 bits per heavy atom. The first-order valence-corrected chi connectivity index (χ1v) is 6.10. The lowest BCUT2D eigenvalue weighted by Crippen LogP contribution is -2.30. The van der Waals surface area contributed by atoms with Crippen LogP contribution in [0.1, 0.15) is 18.5 Å². The lowest BCUT2D eigenvalue weighted by Gasteiger charge is -2.14. The van der Waals surface area contributed by atoms with E-state index in [0.29, 0.717) is 11.3 Å². The van der Waals surface area contributed by atoms with Crippen LogP contribution in [0, 0.1) is 11.3 Å². The lowest BCUT2D eigenvalue weighted by atomic mass is 10.2. The number of aromatic nitrogens is 1. The minimum absolute atomic E-state index is 0.235. The molecule has 0 aliphatic rings. The number of pyridine rings is 1. The molecule has 0 spiro atoms. The van der Waals surface area contributed by atoms with Crippen LogP contribution in [0.4, 0.5) is 5.69 Å². The molecule has 5 heteroatoms. The van der Waals surface area contributed by atoms with Gasteiger partial charge in [-0.05, 0) is 31.2 Å². The molecule has 0 radical (unpaired) electrons. The molecule has 0 saturated carbocycles. The van der Waals surface area contributed by atoms with E-state index in [9.17, 15) is 9.59 Å². The summed E-state index contributed by atoms with van der Waals surface area (Å²) in [5, 5.41) is 11.5. The van der Waals surface area contributed by atoms with Crippen molar-refractivity contribution in [2.45, 2.75) is 13.0 Å². The van der Waals surface area contributed by atoms with Gasteiger partial charge >= 0.3 is 0 Å². The van der Waals surface area contributed by atoms with Crippen LogP contribution < -0.4 is 10.9 Å². The number of nitrogens with one attached hydrogen (secondary N) is 1. The zero-order valence-corrected chi connectivity index (χ0v) is 10.9. The van der Waals surface area contributed by atoms with Gasteiger partial charge in [0.1, 0.15) is 6.04 Å². The van der Waals surface area contributed by atoms with Gasteiger partial charge in [-0.25, -0.2) is 0 Å². The second kappa shape index (κ2) is 5.85. The molecule has 1 aromatic carbocycles. The Morgan fingerprint density at radius 3 is 2.80 bits per heavy atom. The first kappa shape index (κ1) is 13.6. The number of nitrogens with zero attached hydrogens (tertiary/aromatic N) is 2. The maximum atomic E-state index is 12.1. The largest absolute Gasteiger partial charge is 0.324 e. The number of carbonyl (C=O) groups excluding carboxylic acids is 1. The van der Waals surface area contributed by atoms with Crippen LogP contribution in [0.15, 0.2) is 53.5 Å². The van der Waals surface area contributed by atoms with Gasteiger partial charge in [-0.15, -0.1) is 0 Å². The summed E-state index contributed by atoms with van der Waals surface area (Å²) in [5.74, 6) is -0.312. The number of carbonyl (C=O) groups is 1. The van der Waals surface area contributed by atoms with Gasteiger partial charge < -0.3 is 9.88 Å².